The lowest BCUT2D eigenvalue weighted by atomic mass is 9.97. The maximum Gasteiger partial charge on any atom is 0.311 e. The summed E-state index contributed by atoms with van der Waals surface area (Å²) in [5.74, 6) is -0.891. The zero-order valence-electron chi connectivity index (χ0n) is 16.5. The molecule has 1 saturated heterocycles. The topological polar surface area (TPSA) is 85.5 Å². The number of ether oxygens (including phenoxy) is 1. The van der Waals surface area contributed by atoms with Crippen molar-refractivity contribution in [2.24, 2.45) is 5.92 Å². The first kappa shape index (κ1) is 21.2. The van der Waals surface area contributed by atoms with Crippen molar-refractivity contribution in [1.82, 2.24) is 15.0 Å². The lowest BCUT2D eigenvalue weighted by Crippen LogP contribution is -2.42. The van der Waals surface area contributed by atoms with E-state index in [4.69, 9.17) is 9.26 Å². The van der Waals surface area contributed by atoms with E-state index in [0.29, 0.717) is 30.8 Å². The van der Waals surface area contributed by atoms with Gasteiger partial charge in [0.1, 0.15) is 5.82 Å². The van der Waals surface area contributed by atoms with Crippen LogP contribution < -0.4 is 0 Å². The van der Waals surface area contributed by atoms with Gasteiger partial charge in [0.2, 0.25) is 5.82 Å². The fourth-order valence-electron chi connectivity index (χ4n) is 3.44. The van der Waals surface area contributed by atoms with Crippen molar-refractivity contribution < 1.29 is 23.2 Å². The van der Waals surface area contributed by atoms with Gasteiger partial charge < -0.3 is 14.2 Å². The van der Waals surface area contributed by atoms with Gasteiger partial charge in [0.05, 0.1) is 5.92 Å². The van der Waals surface area contributed by atoms with Gasteiger partial charge in [-0.05, 0) is 49.2 Å². The van der Waals surface area contributed by atoms with Crippen molar-refractivity contribution in [1.29, 1.82) is 0 Å². The van der Waals surface area contributed by atoms with Gasteiger partial charge in [-0.1, -0.05) is 33.2 Å². The number of likely N-dealkylation sites (tertiary alicyclic amines) is 1. The highest BCUT2D eigenvalue weighted by Gasteiger charge is 2.30. The van der Waals surface area contributed by atoms with E-state index in [-0.39, 0.29) is 24.9 Å². The highest BCUT2D eigenvalue weighted by molar-refractivity contribution is 9.10. The molecule has 0 N–H and O–H groups in total. The minimum atomic E-state index is -0.439. The number of benzene rings is 2. The molecule has 7 nitrogen and oxygen atoms in total. The summed E-state index contributed by atoms with van der Waals surface area (Å²) in [5.41, 5.74) is 1.17. The van der Waals surface area contributed by atoms with Crippen LogP contribution >= 0.6 is 15.9 Å². The number of amides is 1. The summed E-state index contributed by atoms with van der Waals surface area (Å²) in [4.78, 5) is 31.0. The summed E-state index contributed by atoms with van der Waals surface area (Å²) in [7, 11) is 0. The van der Waals surface area contributed by atoms with E-state index < -0.39 is 17.7 Å². The maximum absolute atomic E-state index is 13.1. The minimum absolute atomic E-state index is 0.137. The second-order valence-corrected chi connectivity index (χ2v) is 8.14. The highest BCUT2D eigenvalue weighted by atomic mass is 79.9. The molecule has 0 bridgehead atoms. The molecular formula is C22H19BrFN3O4. The summed E-state index contributed by atoms with van der Waals surface area (Å²) in [6.45, 7) is 0.657. The number of rotatable bonds is 5. The lowest BCUT2D eigenvalue weighted by molar-refractivity contribution is -0.152. The SMILES string of the molecule is O=C(OCc1nc(-c2cccc(Br)c2)no1)C1CCCN(C(=O)c2ccc(F)cc2)C1. The van der Waals surface area contributed by atoms with Crippen LogP contribution in [0.2, 0.25) is 0 Å². The molecule has 1 fully saturated rings. The van der Waals surface area contributed by atoms with E-state index in [1.54, 1.807) is 4.90 Å². The molecule has 31 heavy (non-hydrogen) atoms. The molecule has 1 unspecified atom stereocenters. The van der Waals surface area contributed by atoms with Crippen molar-refractivity contribution in [2.75, 3.05) is 13.1 Å². The Bertz CT molecular complexity index is 1090. The van der Waals surface area contributed by atoms with Crippen molar-refractivity contribution in [2.45, 2.75) is 19.4 Å². The zero-order chi connectivity index (χ0) is 21.8. The molecule has 0 spiro atoms. The molecular weight excluding hydrogens is 469 g/mol. The van der Waals surface area contributed by atoms with Crippen LogP contribution in [-0.2, 0) is 16.1 Å². The van der Waals surface area contributed by atoms with E-state index in [1.807, 2.05) is 24.3 Å². The van der Waals surface area contributed by atoms with E-state index in [0.717, 1.165) is 10.0 Å². The lowest BCUT2D eigenvalue weighted by Gasteiger charge is -2.31. The average Bonchev–Trinajstić information content (AvgIpc) is 3.27. The Morgan fingerprint density at radius 2 is 2.03 bits per heavy atom. The zero-order valence-corrected chi connectivity index (χ0v) is 18.0. The molecule has 3 aromatic rings. The molecule has 0 radical (unpaired) electrons. The summed E-state index contributed by atoms with van der Waals surface area (Å²) in [6.07, 6.45) is 1.31. The number of hydrogen-bond donors (Lipinski definition) is 0. The van der Waals surface area contributed by atoms with E-state index in [1.165, 1.54) is 24.3 Å². The number of aromatic nitrogens is 2. The van der Waals surface area contributed by atoms with Crippen molar-refractivity contribution in [3.63, 3.8) is 0 Å². The first-order valence-corrected chi connectivity index (χ1v) is 10.6. The van der Waals surface area contributed by atoms with Crippen LogP contribution in [0.1, 0.15) is 29.1 Å². The second-order valence-electron chi connectivity index (χ2n) is 7.23. The number of halogens is 2. The summed E-state index contributed by atoms with van der Waals surface area (Å²) in [6, 6.07) is 12.8. The van der Waals surface area contributed by atoms with Gasteiger partial charge in [0.25, 0.3) is 11.8 Å². The molecule has 1 aliphatic rings. The first-order chi connectivity index (χ1) is 15.0. The standard InChI is InChI=1S/C22H19BrFN3O4/c23-17-5-1-3-15(11-17)20-25-19(31-26-20)13-30-22(29)16-4-2-10-27(12-16)21(28)14-6-8-18(24)9-7-14/h1,3,5-9,11,16H,2,4,10,12-13H2. The Balaban J connectivity index is 1.33. The number of carbonyl (C=O) groups excluding carboxylic acids is 2. The monoisotopic (exact) mass is 487 g/mol. The Morgan fingerprint density at radius 1 is 1.23 bits per heavy atom. The van der Waals surface area contributed by atoms with Crippen molar-refractivity contribution >= 4 is 27.8 Å². The van der Waals surface area contributed by atoms with Gasteiger partial charge in [0.15, 0.2) is 6.61 Å². The number of hydrogen-bond acceptors (Lipinski definition) is 6. The van der Waals surface area contributed by atoms with Crippen molar-refractivity contribution in [3.05, 3.63) is 70.3 Å². The van der Waals surface area contributed by atoms with Crippen LogP contribution in [0, 0.1) is 11.7 Å². The fourth-order valence-corrected chi connectivity index (χ4v) is 3.84. The van der Waals surface area contributed by atoms with Crippen LogP contribution in [-0.4, -0.2) is 40.0 Å². The molecule has 2 aromatic carbocycles. The van der Waals surface area contributed by atoms with E-state index in [2.05, 4.69) is 26.1 Å². The van der Waals surface area contributed by atoms with Crippen LogP contribution in [0.5, 0.6) is 0 Å². The third-order valence-electron chi connectivity index (χ3n) is 5.02. The second kappa shape index (κ2) is 9.38. The Morgan fingerprint density at radius 3 is 2.81 bits per heavy atom. The van der Waals surface area contributed by atoms with Crippen LogP contribution in [0.15, 0.2) is 57.5 Å². The normalized spacial score (nSPS) is 16.2. The number of esters is 1. The molecule has 0 saturated carbocycles. The van der Waals surface area contributed by atoms with Gasteiger partial charge >= 0.3 is 5.97 Å². The Labute approximate surface area is 186 Å². The molecule has 1 amide bonds. The smallest absolute Gasteiger partial charge is 0.311 e. The average molecular weight is 488 g/mol. The summed E-state index contributed by atoms with van der Waals surface area (Å²) in [5, 5.41) is 3.92. The predicted octanol–water partition coefficient (Wildman–Crippen LogP) is 4.23. The molecule has 1 aliphatic heterocycles. The summed E-state index contributed by atoms with van der Waals surface area (Å²) < 4.78 is 24.5. The number of carbonyl (C=O) groups is 2. The third-order valence-corrected chi connectivity index (χ3v) is 5.52. The number of nitrogens with zero attached hydrogens (tertiary/aromatic N) is 3. The predicted molar refractivity (Wildman–Crippen MR) is 112 cm³/mol. The molecule has 0 aliphatic carbocycles. The largest absolute Gasteiger partial charge is 0.455 e. The van der Waals surface area contributed by atoms with Gasteiger partial charge in [-0.25, -0.2) is 4.39 Å². The first-order valence-electron chi connectivity index (χ1n) is 9.79. The molecule has 1 aromatic heterocycles. The van der Waals surface area contributed by atoms with Gasteiger partial charge in [0, 0.05) is 28.7 Å². The van der Waals surface area contributed by atoms with Crippen molar-refractivity contribution in [3.8, 4) is 11.4 Å². The Hall–Kier alpha value is -3.07. The summed E-state index contributed by atoms with van der Waals surface area (Å²) >= 11 is 3.39. The molecule has 2 heterocycles. The number of piperidine rings is 1. The van der Waals surface area contributed by atoms with Gasteiger partial charge in [-0.2, -0.15) is 4.98 Å². The third kappa shape index (κ3) is 5.16. The molecule has 160 valence electrons. The highest BCUT2D eigenvalue weighted by Crippen LogP contribution is 2.22. The van der Waals surface area contributed by atoms with Gasteiger partial charge in [-0.3, -0.25) is 9.59 Å². The van der Waals surface area contributed by atoms with E-state index >= 15 is 0 Å². The molecule has 4 rings (SSSR count). The Kier molecular flexibility index (Phi) is 6.41. The van der Waals surface area contributed by atoms with Gasteiger partial charge in [-0.15, -0.1) is 0 Å². The van der Waals surface area contributed by atoms with E-state index in [9.17, 15) is 14.0 Å². The maximum atomic E-state index is 13.1. The molecule has 9 heteroatoms. The van der Waals surface area contributed by atoms with Crippen LogP contribution in [0.25, 0.3) is 11.4 Å². The quantitative estimate of drug-likeness (QED) is 0.500. The molecule has 1 atom stereocenters. The minimum Gasteiger partial charge on any atom is -0.455 e. The van der Waals surface area contributed by atoms with Crippen LogP contribution in [0.4, 0.5) is 4.39 Å². The fraction of sp³-hybridized carbons (Fsp3) is 0.273. The van der Waals surface area contributed by atoms with Crippen LogP contribution in [0.3, 0.4) is 0 Å².